The molecule has 3 nitrogen and oxygen atoms in total. The molecule has 1 N–H and O–H groups in total. The standard InChI is InChI=1S/C14H24N2O/c17-14(8-15-7-11-1-2-11)16(9-12-3-4-12)10-13-5-6-13/h11-13,15H,1-10H2. The maximum Gasteiger partial charge on any atom is 0.236 e. The number of carbonyl (C=O) groups is 1. The molecule has 0 bridgehead atoms. The molecule has 0 atom stereocenters. The third-order valence-corrected chi connectivity index (χ3v) is 4.11. The zero-order valence-corrected chi connectivity index (χ0v) is 10.7. The Bertz CT molecular complexity index is 266. The van der Waals surface area contributed by atoms with Crippen molar-refractivity contribution in [2.45, 2.75) is 38.5 Å². The van der Waals surface area contributed by atoms with E-state index in [0.29, 0.717) is 12.5 Å². The lowest BCUT2D eigenvalue weighted by molar-refractivity contribution is -0.130. The Morgan fingerprint density at radius 3 is 1.94 bits per heavy atom. The van der Waals surface area contributed by atoms with Crippen LogP contribution in [0.5, 0.6) is 0 Å². The van der Waals surface area contributed by atoms with E-state index in [0.717, 1.165) is 37.4 Å². The van der Waals surface area contributed by atoms with Gasteiger partial charge in [0.05, 0.1) is 6.54 Å². The van der Waals surface area contributed by atoms with Crippen molar-refractivity contribution in [2.24, 2.45) is 17.8 Å². The van der Waals surface area contributed by atoms with Gasteiger partial charge in [-0.2, -0.15) is 0 Å². The fourth-order valence-electron chi connectivity index (χ4n) is 2.32. The van der Waals surface area contributed by atoms with Gasteiger partial charge < -0.3 is 10.2 Å². The number of nitrogens with one attached hydrogen (secondary N) is 1. The van der Waals surface area contributed by atoms with Crippen LogP contribution in [0.2, 0.25) is 0 Å². The quantitative estimate of drug-likeness (QED) is 0.695. The second-order valence-corrected chi connectivity index (χ2v) is 6.26. The van der Waals surface area contributed by atoms with Crippen LogP contribution in [0, 0.1) is 17.8 Å². The number of rotatable bonds is 8. The summed E-state index contributed by atoms with van der Waals surface area (Å²) in [5, 5.41) is 3.32. The van der Waals surface area contributed by atoms with Gasteiger partial charge in [0.1, 0.15) is 0 Å². The summed E-state index contributed by atoms with van der Waals surface area (Å²) in [7, 11) is 0. The summed E-state index contributed by atoms with van der Waals surface area (Å²) < 4.78 is 0. The van der Waals surface area contributed by atoms with Gasteiger partial charge in [0.2, 0.25) is 5.91 Å². The summed E-state index contributed by atoms with van der Waals surface area (Å²) in [5.74, 6) is 2.84. The van der Waals surface area contributed by atoms with Crippen LogP contribution in [0.4, 0.5) is 0 Å². The fraction of sp³-hybridized carbons (Fsp3) is 0.929. The lowest BCUT2D eigenvalue weighted by atomic mass is 10.3. The molecule has 17 heavy (non-hydrogen) atoms. The maximum absolute atomic E-state index is 12.1. The topological polar surface area (TPSA) is 32.3 Å². The minimum Gasteiger partial charge on any atom is -0.341 e. The van der Waals surface area contributed by atoms with Gasteiger partial charge >= 0.3 is 0 Å². The number of nitrogens with zero attached hydrogens (tertiary/aromatic N) is 1. The molecular formula is C14H24N2O. The van der Waals surface area contributed by atoms with Gasteiger partial charge in [0, 0.05) is 13.1 Å². The van der Waals surface area contributed by atoms with E-state index in [1.54, 1.807) is 0 Å². The van der Waals surface area contributed by atoms with E-state index >= 15 is 0 Å². The molecule has 3 aliphatic carbocycles. The Morgan fingerprint density at radius 1 is 0.941 bits per heavy atom. The molecule has 96 valence electrons. The molecule has 0 saturated heterocycles. The minimum absolute atomic E-state index is 0.337. The highest BCUT2D eigenvalue weighted by Gasteiger charge is 2.31. The van der Waals surface area contributed by atoms with E-state index < -0.39 is 0 Å². The van der Waals surface area contributed by atoms with Gasteiger partial charge in [-0.05, 0) is 62.8 Å². The van der Waals surface area contributed by atoms with Crippen LogP contribution in [-0.2, 0) is 4.79 Å². The Morgan fingerprint density at radius 2 is 1.47 bits per heavy atom. The Labute approximate surface area is 104 Å². The SMILES string of the molecule is O=C(CNCC1CC1)N(CC1CC1)CC1CC1. The molecule has 0 spiro atoms. The van der Waals surface area contributed by atoms with Crippen molar-refractivity contribution in [1.29, 1.82) is 0 Å². The van der Waals surface area contributed by atoms with Crippen LogP contribution in [0.1, 0.15) is 38.5 Å². The van der Waals surface area contributed by atoms with Crippen LogP contribution < -0.4 is 5.32 Å². The Balaban J connectivity index is 1.39. The van der Waals surface area contributed by atoms with E-state index in [2.05, 4.69) is 10.2 Å². The number of carbonyl (C=O) groups excluding carboxylic acids is 1. The van der Waals surface area contributed by atoms with Crippen molar-refractivity contribution < 1.29 is 4.79 Å². The smallest absolute Gasteiger partial charge is 0.236 e. The average molecular weight is 236 g/mol. The summed E-state index contributed by atoms with van der Waals surface area (Å²) in [4.78, 5) is 14.3. The van der Waals surface area contributed by atoms with Crippen molar-refractivity contribution in [3.05, 3.63) is 0 Å². The third kappa shape index (κ3) is 3.98. The number of hydrogen-bond donors (Lipinski definition) is 1. The highest BCUT2D eigenvalue weighted by atomic mass is 16.2. The fourth-order valence-corrected chi connectivity index (χ4v) is 2.32. The first-order valence-electron chi connectivity index (χ1n) is 7.30. The lowest BCUT2D eigenvalue weighted by Crippen LogP contribution is -2.41. The highest BCUT2D eigenvalue weighted by Crippen LogP contribution is 2.33. The van der Waals surface area contributed by atoms with E-state index in [9.17, 15) is 4.79 Å². The molecule has 0 heterocycles. The molecule has 0 aliphatic heterocycles. The molecule has 3 rings (SSSR count). The second-order valence-electron chi connectivity index (χ2n) is 6.26. The predicted octanol–water partition coefficient (Wildman–Crippen LogP) is 1.63. The summed E-state index contributed by atoms with van der Waals surface area (Å²) in [6, 6.07) is 0. The molecule has 3 fully saturated rings. The summed E-state index contributed by atoms with van der Waals surface area (Å²) in [5.41, 5.74) is 0. The summed E-state index contributed by atoms with van der Waals surface area (Å²) >= 11 is 0. The Hall–Kier alpha value is -0.570. The van der Waals surface area contributed by atoms with Crippen molar-refractivity contribution in [3.63, 3.8) is 0 Å². The third-order valence-electron chi connectivity index (χ3n) is 4.11. The number of hydrogen-bond acceptors (Lipinski definition) is 2. The number of amides is 1. The van der Waals surface area contributed by atoms with E-state index in [-0.39, 0.29) is 0 Å². The Kier molecular flexibility index (Phi) is 3.37. The van der Waals surface area contributed by atoms with Crippen molar-refractivity contribution in [1.82, 2.24) is 10.2 Å². The van der Waals surface area contributed by atoms with Crippen LogP contribution in [0.3, 0.4) is 0 Å². The lowest BCUT2D eigenvalue weighted by Gasteiger charge is -2.22. The molecular weight excluding hydrogens is 212 g/mol. The molecule has 0 unspecified atom stereocenters. The molecule has 3 saturated carbocycles. The molecule has 3 aliphatic rings. The predicted molar refractivity (Wildman–Crippen MR) is 67.6 cm³/mol. The van der Waals surface area contributed by atoms with Gasteiger partial charge in [0.15, 0.2) is 0 Å². The van der Waals surface area contributed by atoms with Gasteiger partial charge in [-0.1, -0.05) is 0 Å². The first-order chi connectivity index (χ1) is 8.31. The molecule has 3 heteroatoms. The van der Waals surface area contributed by atoms with Crippen LogP contribution >= 0.6 is 0 Å². The molecule has 1 amide bonds. The summed E-state index contributed by atoms with van der Waals surface area (Å²) in [6.45, 7) is 3.67. The average Bonchev–Trinajstić information content (AvgIpc) is 3.09. The second kappa shape index (κ2) is 4.97. The summed E-state index contributed by atoms with van der Waals surface area (Å²) in [6.07, 6.45) is 8.06. The van der Waals surface area contributed by atoms with Gasteiger partial charge in [-0.25, -0.2) is 0 Å². The highest BCUT2D eigenvalue weighted by molar-refractivity contribution is 5.78. The zero-order valence-electron chi connectivity index (χ0n) is 10.7. The van der Waals surface area contributed by atoms with Crippen LogP contribution in [-0.4, -0.2) is 37.0 Å². The zero-order chi connectivity index (χ0) is 11.7. The van der Waals surface area contributed by atoms with Gasteiger partial charge in [0.25, 0.3) is 0 Å². The molecule has 0 aromatic rings. The largest absolute Gasteiger partial charge is 0.341 e. The van der Waals surface area contributed by atoms with E-state index in [4.69, 9.17) is 0 Å². The van der Waals surface area contributed by atoms with Crippen LogP contribution in [0.15, 0.2) is 0 Å². The maximum atomic E-state index is 12.1. The molecule has 0 radical (unpaired) electrons. The van der Waals surface area contributed by atoms with E-state index in [1.165, 1.54) is 38.5 Å². The minimum atomic E-state index is 0.337. The molecule has 0 aromatic carbocycles. The van der Waals surface area contributed by atoms with Gasteiger partial charge in [-0.3, -0.25) is 4.79 Å². The monoisotopic (exact) mass is 236 g/mol. The van der Waals surface area contributed by atoms with Crippen molar-refractivity contribution in [2.75, 3.05) is 26.2 Å². The van der Waals surface area contributed by atoms with E-state index in [1.807, 2.05) is 0 Å². The first kappa shape index (κ1) is 11.5. The molecule has 0 aromatic heterocycles. The van der Waals surface area contributed by atoms with Crippen LogP contribution in [0.25, 0.3) is 0 Å². The first-order valence-corrected chi connectivity index (χ1v) is 7.30. The van der Waals surface area contributed by atoms with Crippen molar-refractivity contribution in [3.8, 4) is 0 Å². The van der Waals surface area contributed by atoms with Gasteiger partial charge in [-0.15, -0.1) is 0 Å². The van der Waals surface area contributed by atoms with Crippen molar-refractivity contribution >= 4 is 5.91 Å². The normalized spacial score (nSPS) is 23.8.